The Morgan fingerprint density at radius 3 is 2.52 bits per heavy atom. The molecular formula is C21H15ClFN3O2S. The van der Waals surface area contributed by atoms with Gasteiger partial charge in [0.2, 0.25) is 0 Å². The Hall–Kier alpha value is -3.29. The van der Waals surface area contributed by atoms with Crippen LogP contribution in [0.3, 0.4) is 0 Å². The zero-order valence-corrected chi connectivity index (χ0v) is 16.5. The van der Waals surface area contributed by atoms with Crippen molar-refractivity contribution in [3.63, 3.8) is 0 Å². The van der Waals surface area contributed by atoms with Gasteiger partial charge in [0, 0.05) is 10.4 Å². The molecule has 8 heteroatoms. The van der Waals surface area contributed by atoms with Crippen molar-refractivity contribution in [3.05, 3.63) is 98.6 Å². The Kier molecular flexibility index (Phi) is 6.89. The molecule has 1 aromatic heterocycles. The van der Waals surface area contributed by atoms with E-state index in [1.807, 2.05) is 11.4 Å². The Morgan fingerprint density at radius 1 is 1.03 bits per heavy atom. The van der Waals surface area contributed by atoms with Crippen molar-refractivity contribution in [1.82, 2.24) is 10.7 Å². The SMILES string of the molecule is O=C(N/N=C/c1ccccc1F)/C(=C/c1cccs1)NC(=O)c1ccccc1Cl. The first-order valence-corrected chi connectivity index (χ1v) is 9.69. The number of carbonyl (C=O) groups excluding carboxylic acids is 2. The summed E-state index contributed by atoms with van der Waals surface area (Å²) in [6.45, 7) is 0. The number of halogens is 2. The lowest BCUT2D eigenvalue weighted by atomic mass is 10.2. The maximum Gasteiger partial charge on any atom is 0.287 e. The third-order valence-corrected chi connectivity index (χ3v) is 4.86. The molecule has 0 radical (unpaired) electrons. The lowest BCUT2D eigenvalue weighted by Crippen LogP contribution is -2.33. The van der Waals surface area contributed by atoms with Gasteiger partial charge in [-0.15, -0.1) is 11.3 Å². The lowest BCUT2D eigenvalue weighted by Gasteiger charge is -2.09. The van der Waals surface area contributed by atoms with Crippen LogP contribution in [0, 0.1) is 5.82 Å². The minimum Gasteiger partial charge on any atom is -0.317 e. The van der Waals surface area contributed by atoms with E-state index in [2.05, 4.69) is 15.8 Å². The van der Waals surface area contributed by atoms with Crippen molar-refractivity contribution in [1.29, 1.82) is 0 Å². The summed E-state index contributed by atoms with van der Waals surface area (Å²) in [5.74, 6) is -1.66. The average molecular weight is 428 g/mol. The van der Waals surface area contributed by atoms with Crippen LogP contribution in [-0.2, 0) is 4.79 Å². The second kappa shape index (κ2) is 9.77. The molecule has 0 bridgehead atoms. The summed E-state index contributed by atoms with van der Waals surface area (Å²) in [6.07, 6.45) is 2.71. The molecule has 5 nitrogen and oxygen atoms in total. The monoisotopic (exact) mass is 427 g/mol. The molecule has 3 aromatic rings. The zero-order chi connectivity index (χ0) is 20.6. The maximum atomic E-state index is 13.6. The number of carbonyl (C=O) groups is 2. The number of hydrogen-bond donors (Lipinski definition) is 2. The van der Waals surface area contributed by atoms with E-state index in [1.54, 1.807) is 42.5 Å². The molecule has 0 saturated carbocycles. The molecule has 3 rings (SSSR count). The van der Waals surface area contributed by atoms with E-state index in [4.69, 9.17) is 11.6 Å². The van der Waals surface area contributed by atoms with Gasteiger partial charge in [0.25, 0.3) is 11.8 Å². The molecule has 0 aliphatic rings. The highest BCUT2D eigenvalue weighted by molar-refractivity contribution is 7.10. The second-order valence-electron chi connectivity index (χ2n) is 5.73. The minimum absolute atomic E-state index is 0.0250. The van der Waals surface area contributed by atoms with E-state index in [1.165, 1.54) is 35.8 Å². The largest absolute Gasteiger partial charge is 0.317 e. The topological polar surface area (TPSA) is 70.6 Å². The highest BCUT2D eigenvalue weighted by Crippen LogP contribution is 2.16. The van der Waals surface area contributed by atoms with E-state index in [0.29, 0.717) is 0 Å². The highest BCUT2D eigenvalue weighted by Gasteiger charge is 2.16. The molecule has 29 heavy (non-hydrogen) atoms. The van der Waals surface area contributed by atoms with Crippen molar-refractivity contribution in [2.24, 2.45) is 5.10 Å². The Morgan fingerprint density at radius 2 is 1.79 bits per heavy atom. The number of benzene rings is 2. The fourth-order valence-corrected chi connectivity index (χ4v) is 3.19. The van der Waals surface area contributed by atoms with Gasteiger partial charge in [-0.25, -0.2) is 9.82 Å². The molecule has 0 atom stereocenters. The smallest absolute Gasteiger partial charge is 0.287 e. The van der Waals surface area contributed by atoms with Crippen molar-refractivity contribution in [3.8, 4) is 0 Å². The standard InChI is InChI=1S/C21H15ClFN3O2S/c22-17-9-3-2-8-16(17)20(27)25-19(12-15-7-5-11-29-15)21(28)26-24-13-14-6-1-4-10-18(14)23/h1-13H,(H,25,27)(H,26,28)/b19-12-,24-13+. The van der Waals surface area contributed by atoms with Gasteiger partial charge >= 0.3 is 0 Å². The third-order valence-electron chi connectivity index (χ3n) is 3.72. The first-order chi connectivity index (χ1) is 14.0. The minimum atomic E-state index is -0.661. The predicted octanol–water partition coefficient (Wildman–Crippen LogP) is 4.46. The van der Waals surface area contributed by atoms with Crippen LogP contribution in [0.4, 0.5) is 4.39 Å². The van der Waals surface area contributed by atoms with Gasteiger partial charge in [-0.1, -0.05) is 48.0 Å². The van der Waals surface area contributed by atoms with Gasteiger partial charge in [0.05, 0.1) is 16.8 Å². The number of hydrogen-bond acceptors (Lipinski definition) is 4. The van der Waals surface area contributed by atoms with Gasteiger partial charge in [-0.05, 0) is 35.7 Å². The van der Waals surface area contributed by atoms with Crippen LogP contribution >= 0.6 is 22.9 Å². The van der Waals surface area contributed by atoms with Crippen LogP contribution in [-0.4, -0.2) is 18.0 Å². The molecule has 0 spiro atoms. The Labute approximate surface area is 175 Å². The van der Waals surface area contributed by atoms with Crippen LogP contribution in [0.1, 0.15) is 20.8 Å². The number of nitrogens with zero attached hydrogens (tertiary/aromatic N) is 1. The van der Waals surface area contributed by atoms with Gasteiger partial charge in [0.15, 0.2) is 0 Å². The van der Waals surface area contributed by atoms with E-state index in [0.717, 1.165) is 4.88 Å². The van der Waals surface area contributed by atoms with Crippen molar-refractivity contribution < 1.29 is 14.0 Å². The molecule has 0 saturated heterocycles. The average Bonchev–Trinajstić information content (AvgIpc) is 3.22. The zero-order valence-electron chi connectivity index (χ0n) is 14.9. The maximum absolute atomic E-state index is 13.6. The number of amides is 2. The van der Waals surface area contributed by atoms with E-state index < -0.39 is 17.6 Å². The van der Waals surface area contributed by atoms with Crippen molar-refractivity contribution in [2.75, 3.05) is 0 Å². The van der Waals surface area contributed by atoms with Gasteiger partial charge in [-0.3, -0.25) is 9.59 Å². The molecule has 0 aliphatic carbocycles. The summed E-state index contributed by atoms with van der Waals surface area (Å²) in [5, 5.41) is 8.43. The second-order valence-corrected chi connectivity index (χ2v) is 7.11. The quantitative estimate of drug-likeness (QED) is 0.346. The molecule has 2 amide bonds. The molecule has 0 fully saturated rings. The molecule has 2 aromatic carbocycles. The van der Waals surface area contributed by atoms with Crippen LogP contribution in [0.2, 0.25) is 5.02 Å². The molecule has 146 valence electrons. The number of rotatable bonds is 6. The third kappa shape index (κ3) is 5.60. The fourth-order valence-electron chi connectivity index (χ4n) is 2.31. The molecule has 0 unspecified atom stereocenters. The van der Waals surface area contributed by atoms with Crippen molar-refractivity contribution >= 4 is 47.0 Å². The normalized spacial score (nSPS) is 11.4. The lowest BCUT2D eigenvalue weighted by molar-refractivity contribution is -0.117. The van der Waals surface area contributed by atoms with E-state index in [9.17, 15) is 14.0 Å². The molecule has 0 aliphatic heterocycles. The molecular weight excluding hydrogens is 413 g/mol. The summed E-state index contributed by atoms with van der Waals surface area (Å²) >= 11 is 7.45. The Bertz CT molecular complexity index is 1080. The fraction of sp³-hybridized carbons (Fsp3) is 0. The molecule has 2 N–H and O–H groups in total. The van der Waals surface area contributed by atoms with Crippen LogP contribution in [0.15, 0.2) is 76.8 Å². The first-order valence-electron chi connectivity index (χ1n) is 8.43. The van der Waals surface area contributed by atoms with Gasteiger partial charge < -0.3 is 5.32 Å². The van der Waals surface area contributed by atoms with Crippen LogP contribution < -0.4 is 10.7 Å². The van der Waals surface area contributed by atoms with Crippen LogP contribution in [0.5, 0.6) is 0 Å². The predicted molar refractivity (Wildman–Crippen MR) is 113 cm³/mol. The summed E-state index contributed by atoms with van der Waals surface area (Å²) in [6, 6.07) is 16.1. The number of nitrogens with one attached hydrogen (secondary N) is 2. The van der Waals surface area contributed by atoms with E-state index in [-0.39, 0.29) is 21.8 Å². The van der Waals surface area contributed by atoms with E-state index >= 15 is 0 Å². The molecule has 1 heterocycles. The summed E-state index contributed by atoms with van der Waals surface area (Å²) in [5.41, 5.74) is 2.72. The summed E-state index contributed by atoms with van der Waals surface area (Å²) in [4.78, 5) is 25.9. The van der Waals surface area contributed by atoms with Crippen LogP contribution in [0.25, 0.3) is 6.08 Å². The van der Waals surface area contributed by atoms with Crippen molar-refractivity contribution in [2.45, 2.75) is 0 Å². The Balaban J connectivity index is 1.78. The first kappa shape index (κ1) is 20.4. The highest BCUT2D eigenvalue weighted by atomic mass is 35.5. The van der Waals surface area contributed by atoms with Gasteiger partial charge in [-0.2, -0.15) is 5.10 Å². The van der Waals surface area contributed by atoms with Gasteiger partial charge in [0.1, 0.15) is 11.5 Å². The number of thiophene rings is 1. The number of hydrazone groups is 1. The summed E-state index contributed by atoms with van der Waals surface area (Å²) < 4.78 is 13.6. The summed E-state index contributed by atoms with van der Waals surface area (Å²) in [7, 11) is 0.